The molecule has 0 radical (unpaired) electrons. The highest BCUT2D eigenvalue weighted by molar-refractivity contribution is 9.14. The lowest BCUT2D eigenvalue weighted by atomic mass is 10.4. The second-order valence-electron chi connectivity index (χ2n) is 2.62. The Bertz CT molecular complexity index is 343. The average Bonchev–Trinajstić information content (AvgIpc) is 2.15. The summed E-state index contributed by atoms with van der Waals surface area (Å²) in [5.41, 5.74) is 0. The molecule has 6 heteroatoms. The predicted molar refractivity (Wildman–Crippen MR) is 51.6 cm³/mol. The summed E-state index contributed by atoms with van der Waals surface area (Å²) in [4.78, 5) is 3.92. The van der Waals surface area contributed by atoms with Crippen molar-refractivity contribution in [1.29, 1.82) is 0 Å². The minimum Gasteiger partial charge on any atom is -0.335 e. The molecule has 0 aromatic heterocycles. The van der Waals surface area contributed by atoms with Gasteiger partial charge in [-0.15, -0.1) is 0 Å². The maximum Gasteiger partial charge on any atom is 0.247 e. The van der Waals surface area contributed by atoms with Crippen molar-refractivity contribution in [3.63, 3.8) is 0 Å². The Kier molecular flexibility index (Phi) is 2.58. The monoisotopic (exact) mass is 252 g/mol. The molecule has 0 aromatic carbocycles. The van der Waals surface area contributed by atoms with E-state index in [0.717, 1.165) is 0 Å². The van der Waals surface area contributed by atoms with E-state index in [1.165, 1.54) is 6.20 Å². The standard InChI is InChI=1S/C6H9BrN2O2S/c1-4(2)9-6-8-3-5(7)12(6,10)11/h3-4H,1-2H3,(H,8,9). The third-order valence-electron chi connectivity index (χ3n) is 1.20. The van der Waals surface area contributed by atoms with Crippen LogP contribution < -0.4 is 5.32 Å². The Labute approximate surface area is 79.8 Å². The van der Waals surface area contributed by atoms with Gasteiger partial charge in [0, 0.05) is 12.2 Å². The molecule has 1 aliphatic rings. The van der Waals surface area contributed by atoms with Gasteiger partial charge in [-0.3, -0.25) is 4.99 Å². The van der Waals surface area contributed by atoms with E-state index in [4.69, 9.17) is 0 Å². The second kappa shape index (κ2) is 3.18. The van der Waals surface area contributed by atoms with Crippen molar-refractivity contribution in [3.05, 3.63) is 10.0 Å². The van der Waals surface area contributed by atoms with Crippen LogP contribution in [0.3, 0.4) is 0 Å². The highest BCUT2D eigenvalue weighted by Gasteiger charge is 2.28. The summed E-state index contributed by atoms with van der Waals surface area (Å²) in [7, 11) is -3.34. The summed E-state index contributed by atoms with van der Waals surface area (Å²) < 4.78 is 22.8. The number of rotatable bonds is 1. The normalized spacial score (nSPS) is 24.3. The summed E-state index contributed by atoms with van der Waals surface area (Å²) in [5.74, 6) is 0. The molecular weight excluding hydrogens is 244 g/mol. The molecule has 1 N–H and O–H groups in total. The lowest BCUT2D eigenvalue weighted by molar-refractivity contribution is 0.614. The molecule has 0 spiro atoms. The van der Waals surface area contributed by atoms with Gasteiger partial charge in [0.1, 0.15) is 3.81 Å². The molecule has 0 fully saturated rings. The van der Waals surface area contributed by atoms with Crippen LogP contribution in [-0.2, 0) is 9.84 Å². The summed E-state index contributed by atoms with van der Waals surface area (Å²) in [6.45, 7) is 3.63. The van der Waals surface area contributed by atoms with E-state index in [0.29, 0.717) is 0 Å². The molecule has 1 heterocycles. The average molecular weight is 253 g/mol. The van der Waals surface area contributed by atoms with Crippen LogP contribution in [0.2, 0.25) is 0 Å². The first kappa shape index (κ1) is 9.73. The van der Waals surface area contributed by atoms with E-state index in [2.05, 4.69) is 26.2 Å². The first-order valence-electron chi connectivity index (χ1n) is 3.39. The van der Waals surface area contributed by atoms with Crippen LogP contribution in [0.1, 0.15) is 13.8 Å². The van der Waals surface area contributed by atoms with Crippen molar-refractivity contribution < 1.29 is 8.42 Å². The highest BCUT2D eigenvalue weighted by atomic mass is 79.9. The molecule has 1 rings (SSSR count). The van der Waals surface area contributed by atoms with Gasteiger partial charge >= 0.3 is 0 Å². The minimum absolute atomic E-state index is 0.0179. The number of nitrogens with one attached hydrogen (secondary N) is 1. The zero-order valence-corrected chi connectivity index (χ0v) is 9.11. The van der Waals surface area contributed by atoms with Gasteiger partial charge in [-0.25, -0.2) is 8.42 Å². The number of aliphatic imine (C=N–C) groups is 1. The molecule has 1 aliphatic heterocycles. The fraction of sp³-hybridized carbons (Fsp3) is 0.500. The van der Waals surface area contributed by atoms with Crippen LogP contribution in [0.4, 0.5) is 0 Å². The van der Waals surface area contributed by atoms with Gasteiger partial charge in [-0.2, -0.15) is 0 Å². The predicted octanol–water partition coefficient (Wildman–Crippen LogP) is 0.963. The lowest BCUT2D eigenvalue weighted by Gasteiger charge is -2.00. The first-order chi connectivity index (χ1) is 5.44. The van der Waals surface area contributed by atoms with Crippen LogP contribution in [0.15, 0.2) is 15.0 Å². The minimum atomic E-state index is -3.34. The molecule has 12 heavy (non-hydrogen) atoms. The fourth-order valence-electron chi connectivity index (χ4n) is 0.707. The molecule has 0 amide bonds. The molecule has 0 aliphatic carbocycles. The molecule has 0 saturated heterocycles. The Morgan fingerprint density at radius 3 is 2.50 bits per heavy atom. The van der Waals surface area contributed by atoms with E-state index >= 15 is 0 Å². The van der Waals surface area contributed by atoms with Gasteiger partial charge in [0.25, 0.3) is 0 Å². The lowest BCUT2D eigenvalue weighted by Crippen LogP contribution is -2.21. The number of halogens is 1. The van der Waals surface area contributed by atoms with Crippen molar-refractivity contribution in [2.24, 2.45) is 4.99 Å². The van der Waals surface area contributed by atoms with Gasteiger partial charge in [0.05, 0.1) is 0 Å². The SMILES string of the molecule is CC(C)N=C1NC=C(Br)S1(=O)=O. The smallest absolute Gasteiger partial charge is 0.247 e. The van der Waals surface area contributed by atoms with Crippen LogP contribution >= 0.6 is 15.9 Å². The number of hydrogen-bond acceptors (Lipinski definition) is 3. The van der Waals surface area contributed by atoms with E-state index < -0.39 is 9.84 Å². The van der Waals surface area contributed by atoms with Gasteiger partial charge in [-0.1, -0.05) is 0 Å². The van der Waals surface area contributed by atoms with Gasteiger partial charge in [0.2, 0.25) is 15.0 Å². The van der Waals surface area contributed by atoms with Gasteiger partial charge in [0.15, 0.2) is 0 Å². The number of amidine groups is 1. The molecule has 4 nitrogen and oxygen atoms in total. The largest absolute Gasteiger partial charge is 0.335 e. The molecule has 0 bridgehead atoms. The quantitative estimate of drug-likeness (QED) is 0.757. The maximum atomic E-state index is 11.3. The third kappa shape index (κ3) is 1.69. The third-order valence-corrected chi connectivity index (χ3v) is 4.07. The van der Waals surface area contributed by atoms with Crippen molar-refractivity contribution in [1.82, 2.24) is 5.32 Å². The second-order valence-corrected chi connectivity index (χ2v) is 5.84. The molecule has 0 atom stereocenters. The topological polar surface area (TPSA) is 58.5 Å². The van der Waals surface area contributed by atoms with Crippen LogP contribution in [-0.4, -0.2) is 19.6 Å². The van der Waals surface area contributed by atoms with Crippen LogP contribution in [0, 0.1) is 0 Å². The maximum absolute atomic E-state index is 11.3. The number of hydrogen-bond donors (Lipinski definition) is 1. The van der Waals surface area contributed by atoms with Crippen molar-refractivity contribution >= 4 is 30.9 Å². The first-order valence-corrected chi connectivity index (χ1v) is 5.67. The number of sulfone groups is 1. The molecular formula is C6H9BrN2O2S. The molecule has 0 saturated carbocycles. The zero-order valence-electron chi connectivity index (χ0n) is 6.70. The van der Waals surface area contributed by atoms with Crippen LogP contribution in [0.5, 0.6) is 0 Å². The zero-order chi connectivity index (χ0) is 9.35. The van der Waals surface area contributed by atoms with Crippen LogP contribution in [0.25, 0.3) is 0 Å². The van der Waals surface area contributed by atoms with E-state index in [1.54, 1.807) is 0 Å². The summed E-state index contributed by atoms with van der Waals surface area (Å²) in [5, 5.41) is 2.60. The Morgan fingerprint density at radius 1 is 1.58 bits per heavy atom. The number of nitrogens with zero attached hydrogens (tertiary/aromatic N) is 1. The van der Waals surface area contributed by atoms with E-state index in [9.17, 15) is 8.42 Å². The highest BCUT2D eigenvalue weighted by Crippen LogP contribution is 2.20. The van der Waals surface area contributed by atoms with Crippen molar-refractivity contribution in [2.75, 3.05) is 0 Å². The fourth-order valence-corrected chi connectivity index (χ4v) is 2.24. The van der Waals surface area contributed by atoms with E-state index in [1.807, 2.05) is 13.8 Å². The van der Waals surface area contributed by atoms with Gasteiger partial charge in [-0.05, 0) is 29.8 Å². The Balaban J connectivity index is 3.05. The summed E-state index contributed by atoms with van der Waals surface area (Å²) in [6.07, 6.45) is 1.37. The molecule has 0 aromatic rings. The van der Waals surface area contributed by atoms with E-state index in [-0.39, 0.29) is 15.0 Å². The Hall–Kier alpha value is -0.360. The molecule has 0 unspecified atom stereocenters. The van der Waals surface area contributed by atoms with Crippen molar-refractivity contribution in [3.8, 4) is 0 Å². The summed E-state index contributed by atoms with van der Waals surface area (Å²) >= 11 is 2.92. The van der Waals surface area contributed by atoms with Crippen molar-refractivity contribution in [2.45, 2.75) is 19.9 Å². The van der Waals surface area contributed by atoms with Gasteiger partial charge < -0.3 is 5.32 Å². The summed E-state index contributed by atoms with van der Waals surface area (Å²) in [6, 6.07) is -0.0333. The Morgan fingerprint density at radius 2 is 2.17 bits per heavy atom. The molecule has 68 valence electrons.